The van der Waals surface area contributed by atoms with Crippen LogP contribution >= 0.6 is 0 Å². The minimum absolute atomic E-state index is 0.216. The van der Waals surface area contributed by atoms with Gasteiger partial charge in [0.25, 0.3) is 0 Å². The number of nitrogens with zero attached hydrogens (tertiary/aromatic N) is 1. The first kappa shape index (κ1) is 12.8. The number of hydrogen-bond donors (Lipinski definition) is 2. The molecule has 0 bridgehead atoms. The van der Waals surface area contributed by atoms with Gasteiger partial charge in [0.15, 0.2) is 0 Å². The standard InChI is InChI=1S/C13H25N3O/c1-2-16-7-5-11(6-8-16)9-14-10-12-3-4-13(17)15-12/h11-12,14H,2-10H2,1H3,(H,15,17). The number of rotatable bonds is 5. The van der Waals surface area contributed by atoms with Crippen LogP contribution in [-0.4, -0.2) is 49.6 Å². The molecule has 0 aliphatic carbocycles. The fourth-order valence-corrected chi connectivity index (χ4v) is 2.80. The third-order valence-corrected chi connectivity index (χ3v) is 4.06. The van der Waals surface area contributed by atoms with E-state index in [0.717, 1.165) is 25.4 Å². The minimum atomic E-state index is 0.216. The van der Waals surface area contributed by atoms with E-state index < -0.39 is 0 Å². The number of likely N-dealkylation sites (tertiary alicyclic amines) is 1. The van der Waals surface area contributed by atoms with Crippen molar-refractivity contribution in [3.63, 3.8) is 0 Å². The van der Waals surface area contributed by atoms with Crippen LogP contribution in [0.5, 0.6) is 0 Å². The Morgan fingerprint density at radius 2 is 2.06 bits per heavy atom. The average Bonchev–Trinajstić information content (AvgIpc) is 2.76. The first-order chi connectivity index (χ1) is 8.28. The Morgan fingerprint density at radius 3 is 2.65 bits per heavy atom. The Morgan fingerprint density at radius 1 is 1.29 bits per heavy atom. The van der Waals surface area contributed by atoms with E-state index in [2.05, 4.69) is 22.5 Å². The Labute approximate surface area is 104 Å². The second-order valence-corrected chi connectivity index (χ2v) is 5.34. The van der Waals surface area contributed by atoms with E-state index in [1.165, 1.54) is 32.5 Å². The van der Waals surface area contributed by atoms with Crippen molar-refractivity contribution in [1.29, 1.82) is 0 Å². The summed E-state index contributed by atoms with van der Waals surface area (Å²) in [7, 11) is 0. The first-order valence-electron chi connectivity index (χ1n) is 7.00. The molecule has 2 heterocycles. The Bertz CT molecular complexity index is 249. The molecule has 2 aliphatic heterocycles. The number of hydrogen-bond acceptors (Lipinski definition) is 3. The highest BCUT2D eigenvalue weighted by molar-refractivity contribution is 5.78. The normalized spacial score (nSPS) is 27.4. The molecular weight excluding hydrogens is 214 g/mol. The van der Waals surface area contributed by atoms with E-state index in [9.17, 15) is 4.79 Å². The van der Waals surface area contributed by atoms with Crippen LogP contribution in [0.2, 0.25) is 0 Å². The second-order valence-electron chi connectivity index (χ2n) is 5.34. The van der Waals surface area contributed by atoms with Crippen LogP contribution in [0.1, 0.15) is 32.6 Å². The van der Waals surface area contributed by atoms with Gasteiger partial charge in [0.2, 0.25) is 5.91 Å². The topological polar surface area (TPSA) is 44.4 Å². The number of carbonyl (C=O) groups excluding carboxylic acids is 1. The predicted octanol–water partition coefficient (Wildman–Crippen LogP) is 0.587. The van der Waals surface area contributed by atoms with Crippen molar-refractivity contribution in [1.82, 2.24) is 15.5 Å². The molecular formula is C13H25N3O. The second kappa shape index (κ2) is 6.36. The van der Waals surface area contributed by atoms with Crippen LogP contribution in [-0.2, 0) is 4.79 Å². The number of amides is 1. The third kappa shape index (κ3) is 3.96. The van der Waals surface area contributed by atoms with Gasteiger partial charge in [0.1, 0.15) is 0 Å². The van der Waals surface area contributed by atoms with Crippen LogP contribution in [0.3, 0.4) is 0 Å². The molecule has 2 saturated heterocycles. The number of carbonyl (C=O) groups is 1. The van der Waals surface area contributed by atoms with Crippen molar-refractivity contribution in [2.45, 2.75) is 38.6 Å². The molecule has 2 aliphatic rings. The fourth-order valence-electron chi connectivity index (χ4n) is 2.80. The quantitative estimate of drug-likeness (QED) is 0.738. The zero-order valence-electron chi connectivity index (χ0n) is 10.9. The SMILES string of the molecule is CCN1CCC(CNCC2CCC(=O)N2)CC1. The lowest BCUT2D eigenvalue weighted by Crippen LogP contribution is -2.40. The first-order valence-corrected chi connectivity index (χ1v) is 7.00. The van der Waals surface area contributed by atoms with Crippen molar-refractivity contribution in [3.05, 3.63) is 0 Å². The van der Waals surface area contributed by atoms with Crippen molar-refractivity contribution in [2.24, 2.45) is 5.92 Å². The third-order valence-electron chi connectivity index (χ3n) is 4.06. The maximum atomic E-state index is 11.0. The van der Waals surface area contributed by atoms with E-state index in [1.54, 1.807) is 0 Å². The van der Waals surface area contributed by atoms with Crippen molar-refractivity contribution >= 4 is 5.91 Å². The van der Waals surface area contributed by atoms with Gasteiger partial charge >= 0.3 is 0 Å². The highest BCUT2D eigenvalue weighted by Crippen LogP contribution is 2.16. The predicted molar refractivity (Wildman–Crippen MR) is 68.9 cm³/mol. The van der Waals surface area contributed by atoms with Gasteiger partial charge in [-0.2, -0.15) is 0 Å². The maximum absolute atomic E-state index is 11.0. The smallest absolute Gasteiger partial charge is 0.220 e. The number of nitrogens with one attached hydrogen (secondary N) is 2. The molecule has 1 amide bonds. The maximum Gasteiger partial charge on any atom is 0.220 e. The van der Waals surface area contributed by atoms with Gasteiger partial charge in [-0.05, 0) is 51.4 Å². The Balaban J connectivity index is 1.55. The van der Waals surface area contributed by atoms with Crippen LogP contribution in [0.4, 0.5) is 0 Å². The molecule has 17 heavy (non-hydrogen) atoms. The zero-order valence-corrected chi connectivity index (χ0v) is 10.9. The minimum Gasteiger partial charge on any atom is -0.352 e. The Hall–Kier alpha value is -0.610. The van der Waals surface area contributed by atoms with E-state index in [-0.39, 0.29) is 5.91 Å². The molecule has 1 atom stereocenters. The van der Waals surface area contributed by atoms with Gasteiger partial charge in [-0.25, -0.2) is 0 Å². The summed E-state index contributed by atoms with van der Waals surface area (Å²) in [4.78, 5) is 13.6. The molecule has 2 N–H and O–H groups in total. The molecule has 98 valence electrons. The molecule has 0 spiro atoms. The van der Waals surface area contributed by atoms with E-state index in [4.69, 9.17) is 0 Å². The summed E-state index contributed by atoms with van der Waals surface area (Å²) >= 11 is 0. The summed E-state index contributed by atoms with van der Waals surface area (Å²) in [5, 5.41) is 6.52. The summed E-state index contributed by atoms with van der Waals surface area (Å²) < 4.78 is 0. The van der Waals surface area contributed by atoms with Gasteiger partial charge in [0, 0.05) is 19.0 Å². The van der Waals surface area contributed by atoms with Crippen LogP contribution < -0.4 is 10.6 Å². The summed E-state index contributed by atoms with van der Waals surface area (Å²) in [5.74, 6) is 1.04. The van der Waals surface area contributed by atoms with E-state index >= 15 is 0 Å². The molecule has 0 saturated carbocycles. The van der Waals surface area contributed by atoms with Gasteiger partial charge < -0.3 is 15.5 Å². The molecule has 1 unspecified atom stereocenters. The summed E-state index contributed by atoms with van der Waals surface area (Å²) in [6, 6.07) is 0.373. The molecule has 0 aromatic carbocycles. The summed E-state index contributed by atoms with van der Waals surface area (Å²) in [5.41, 5.74) is 0. The van der Waals surface area contributed by atoms with Crippen molar-refractivity contribution in [3.8, 4) is 0 Å². The molecule has 2 rings (SSSR count). The van der Waals surface area contributed by atoms with Crippen LogP contribution in [0.15, 0.2) is 0 Å². The lowest BCUT2D eigenvalue weighted by Gasteiger charge is -2.31. The molecule has 2 fully saturated rings. The van der Waals surface area contributed by atoms with E-state index in [1.807, 2.05) is 0 Å². The summed E-state index contributed by atoms with van der Waals surface area (Å²) in [6.07, 6.45) is 4.34. The van der Waals surface area contributed by atoms with Gasteiger partial charge in [0.05, 0.1) is 0 Å². The van der Waals surface area contributed by atoms with Gasteiger partial charge in [-0.15, -0.1) is 0 Å². The van der Waals surface area contributed by atoms with Gasteiger partial charge in [-0.1, -0.05) is 6.92 Å². The lowest BCUT2D eigenvalue weighted by atomic mass is 9.97. The fraction of sp³-hybridized carbons (Fsp3) is 0.923. The van der Waals surface area contributed by atoms with Crippen molar-refractivity contribution in [2.75, 3.05) is 32.7 Å². The largest absolute Gasteiger partial charge is 0.352 e. The zero-order chi connectivity index (χ0) is 12.1. The van der Waals surface area contributed by atoms with E-state index in [0.29, 0.717) is 12.5 Å². The monoisotopic (exact) mass is 239 g/mol. The highest BCUT2D eigenvalue weighted by atomic mass is 16.1. The Kier molecular flexibility index (Phi) is 4.80. The average molecular weight is 239 g/mol. The van der Waals surface area contributed by atoms with Gasteiger partial charge in [-0.3, -0.25) is 4.79 Å². The van der Waals surface area contributed by atoms with Crippen LogP contribution in [0.25, 0.3) is 0 Å². The van der Waals surface area contributed by atoms with Crippen molar-refractivity contribution < 1.29 is 4.79 Å². The lowest BCUT2D eigenvalue weighted by molar-refractivity contribution is -0.119. The molecule has 4 heteroatoms. The molecule has 0 radical (unpaired) electrons. The molecule has 4 nitrogen and oxygen atoms in total. The molecule has 0 aromatic rings. The number of piperidine rings is 1. The molecule has 0 aromatic heterocycles. The van der Waals surface area contributed by atoms with Crippen LogP contribution in [0, 0.1) is 5.92 Å². The highest BCUT2D eigenvalue weighted by Gasteiger charge is 2.21. The summed E-state index contributed by atoms with van der Waals surface area (Å²) in [6.45, 7) is 7.99.